The summed E-state index contributed by atoms with van der Waals surface area (Å²) in [5, 5.41) is 14.5. The topological polar surface area (TPSA) is 112 Å². The molecule has 0 amide bonds. The molecule has 12 heteroatoms. The summed E-state index contributed by atoms with van der Waals surface area (Å²) in [7, 11) is -3.97. The lowest BCUT2D eigenvalue weighted by molar-refractivity contribution is -0.143. The molecule has 0 radical (unpaired) electrons. The molecule has 2 fully saturated rings. The zero-order chi connectivity index (χ0) is 29.2. The van der Waals surface area contributed by atoms with Gasteiger partial charge in [0.15, 0.2) is 0 Å². The van der Waals surface area contributed by atoms with Crippen molar-refractivity contribution < 1.29 is 27.8 Å². The first-order valence-electron chi connectivity index (χ1n) is 14.1. The highest BCUT2D eigenvalue weighted by molar-refractivity contribution is 7.89. The number of hydrogen-bond donors (Lipinski definition) is 2. The Kier molecular flexibility index (Phi) is 12.0. The predicted molar refractivity (Wildman–Crippen MR) is 158 cm³/mol. The number of sulfonamides is 1. The fourth-order valence-corrected chi connectivity index (χ4v) is 6.74. The third-order valence-electron chi connectivity index (χ3n) is 7.67. The molecule has 0 bridgehead atoms. The lowest BCUT2D eigenvalue weighted by atomic mass is 9.92. The number of aliphatic carboxylic acids is 1. The summed E-state index contributed by atoms with van der Waals surface area (Å²) in [5.41, 5.74) is 1.68. The van der Waals surface area contributed by atoms with Crippen molar-refractivity contribution in [2.45, 2.75) is 17.9 Å². The van der Waals surface area contributed by atoms with E-state index in [9.17, 15) is 18.3 Å². The van der Waals surface area contributed by atoms with Gasteiger partial charge < -0.3 is 19.9 Å². The second-order valence-electron chi connectivity index (χ2n) is 10.5. The zero-order valence-electron chi connectivity index (χ0n) is 23.6. The van der Waals surface area contributed by atoms with Crippen molar-refractivity contribution in [2.24, 2.45) is 5.92 Å². The van der Waals surface area contributed by atoms with Crippen LogP contribution in [-0.4, -0.2) is 119 Å². The standard InChI is InChI=1S/C29H41ClN4O6S/c1-23-2-8-26(9-3-23)41(37,38)34(13-12-33-16-20-40-21-17-33)22-27(29(35)36)28(24-4-6-25(30)7-5-24)31-10-11-32-14-18-39-19-15-32/h2-9,27-28,31H,10-22H2,1H3,(H,35,36). The summed E-state index contributed by atoms with van der Waals surface area (Å²) in [5.74, 6) is -2.12. The number of carbonyl (C=O) groups is 1. The Bertz CT molecular complexity index is 1200. The molecule has 4 rings (SSSR count). The fourth-order valence-electron chi connectivity index (χ4n) is 5.16. The predicted octanol–water partition coefficient (Wildman–Crippen LogP) is 2.34. The average molecular weight is 609 g/mol. The molecule has 0 aliphatic carbocycles. The van der Waals surface area contributed by atoms with E-state index >= 15 is 0 Å². The zero-order valence-corrected chi connectivity index (χ0v) is 25.2. The first-order chi connectivity index (χ1) is 19.7. The van der Waals surface area contributed by atoms with Crippen molar-refractivity contribution >= 4 is 27.6 Å². The third-order valence-corrected chi connectivity index (χ3v) is 9.80. The van der Waals surface area contributed by atoms with Crippen molar-refractivity contribution in [1.82, 2.24) is 19.4 Å². The van der Waals surface area contributed by atoms with Gasteiger partial charge in [0, 0.05) is 70.0 Å². The van der Waals surface area contributed by atoms with Crippen LogP contribution in [0.1, 0.15) is 17.2 Å². The second kappa shape index (κ2) is 15.4. The molecule has 2 aliphatic heterocycles. The van der Waals surface area contributed by atoms with Gasteiger partial charge in [-0.05, 0) is 36.8 Å². The normalized spacial score (nSPS) is 18.8. The molecule has 2 aliphatic rings. The van der Waals surface area contributed by atoms with Crippen molar-refractivity contribution in [3.8, 4) is 0 Å². The van der Waals surface area contributed by atoms with E-state index in [1.807, 2.05) is 6.92 Å². The first-order valence-corrected chi connectivity index (χ1v) is 15.9. The minimum Gasteiger partial charge on any atom is -0.481 e. The van der Waals surface area contributed by atoms with Gasteiger partial charge in [-0.15, -0.1) is 0 Å². The second-order valence-corrected chi connectivity index (χ2v) is 12.9. The highest BCUT2D eigenvalue weighted by atomic mass is 35.5. The number of carboxylic acid groups (broad SMARTS) is 1. The van der Waals surface area contributed by atoms with Crippen LogP contribution >= 0.6 is 11.6 Å². The number of carboxylic acids is 1. The summed E-state index contributed by atoms with van der Waals surface area (Å²) < 4.78 is 40.1. The molecule has 2 heterocycles. The molecule has 0 aromatic heterocycles. The minimum atomic E-state index is -3.97. The molecule has 2 aromatic rings. The number of aryl methyl sites for hydroxylation is 1. The van der Waals surface area contributed by atoms with E-state index in [1.54, 1.807) is 48.5 Å². The van der Waals surface area contributed by atoms with Crippen LogP contribution in [0.5, 0.6) is 0 Å². The quantitative estimate of drug-likeness (QED) is 0.334. The number of benzene rings is 2. The smallest absolute Gasteiger partial charge is 0.309 e. The Morgan fingerprint density at radius 2 is 1.51 bits per heavy atom. The number of nitrogens with one attached hydrogen (secondary N) is 1. The van der Waals surface area contributed by atoms with Gasteiger partial charge in [-0.25, -0.2) is 8.42 Å². The molecule has 41 heavy (non-hydrogen) atoms. The maximum absolute atomic E-state index is 13.9. The number of nitrogens with zero attached hydrogens (tertiary/aromatic N) is 3. The Morgan fingerprint density at radius 3 is 2.07 bits per heavy atom. The summed E-state index contributed by atoms with van der Waals surface area (Å²) in [4.78, 5) is 17.4. The van der Waals surface area contributed by atoms with E-state index in [0.29, 0.717) is 57.6 Å². The van der Waals surface area contributed by atoms with Crippen molar-refractivity contribution in [2.75, 3.05) is 85.3 Å². The van der Waals surface area contributed by atoms with Crippen LogP contribution < -0.4 is 5.32 Å². The molecule has 10 nitrogen and oxygen atoms in total. The minimum absolute atomic E-state index is 0.150. The first kappa shape index (κ1) is 31.8. The van der Waals surface area contributed by atoms with E-state index < -0.39 is 28.0 Å². The molecule has 2 atom stereocenters. The monoisotopic (exact) mass is 608 g/mol. The van der Waals surface area contributed by atoms with E-state index in [2.05, 4.69) is 15.1 Å². The SMILES string of the molecule is Cc1ccc(S(=O)(=O)N(CCN2CCOCC2)CC(C(=O)O)C(NCCN2CCOCC2)c2ccc(Cl)cc2)cc1. The van der Waals surface area contributed by atoms with Crippen LogP contribution in [0.3, 0.4) is 0 Å². The van der Waals surface area contributed by atoms with E-state index in [-0.39, 0.29) is 18.0 Å². The Labute approximate surface area is 248 Å². The number of halogens is 1. The van der Waals surface area contributed by atoms with Crippen molar-refractivity contribution in [3.05, 3.63) is 64.7 Å². The summed E-state index contributed by atoms with van der Waals surface area (Å²) in [6.45, 7) is 9.20. The molecule has 2 saturated heterocycles. The van der Waals surface area contributed by atoms with Crippen molar-refractivity contribution in [3.63, 3.8) is 0 Å². The highest BCUT2D eigenvalue weighted by Gasteiger charge is 2.36. The molecule has 2 aromatic carbocycles. The summed E-state index contributed by atoms with van der Waals surface area (Å²) in [6, 6.07) is 13.1. The maximum atomic E-state index is 13.9. The number of ether oxygens (including phenoxy) is 2. The lowest BCUT2D eigenvalue weighted by Crippen LogP contribution is -2.48. The van der Waals surface area contributed by atoms with E-state index in [4.69, 9.17) is 21.1 Å². The summed E-state index contributed by atoms with van der Waals surface area (Å²) in [6.07, 6.45) is 0. The number of morpholine rings is 2. The van der Waals surface area contributed by atoms with Crippen LogP contribution in [0.15, 0.2) is 53.4 Å². The van der Waals surface area contributed by atoms with Gasteiger partial charge >= 0.3 is 5.97 Å². The molecule has 0 saturated carbocycles. The lowest BCUT2D eigenvalue weighted by Gasteiger charge is -2.33. The van der Waals surface area contributed by atoms with Crippen LogP contribution in [0, 0.1) is 12.8 Å². The van der Waals surface area contributed by atoms with Gasteiger partial charge in [-0.3, -0.25) is 14.6 Å². The van der Waals surface area contributed by atoms with Gasteiger partial charge in [-0.1, -0.05) is 41.4 Å². The Balaban J connectivity index is 1.59. The van der Waals surface area contributed by atoms with Crippen molar-refractivity contribution in [1.29, 1.82) is 0 Å². The number of hydrogen-bond acceptors (Lipinski definition) is 8. The van der Waals surface area contributed by atoms with Gasteiger partial charge in [0.2, 0.25) is 10.0 Å². The molecule has 226 valence electrons. The van der Waals surface area contributed by atoms with Gasteiger partial charge in [0.05, 0.1) is 37.2 Å². The molecule has 2 N–H and O–H groups in total. The van der Waals surface area contributed by atoms with E-state index in [1.165, 1.54) is 4.31 Å². The third kappa shape index (κ3) is 9.20. The van der Waals surface area contributed by atoms with Gasteiger partial charge in [0.25, 0.3) is 0 Å². The fraction of sp³-hybridized carbons (Fsp3) is 0.552. The average Bonchev–Trinajstić information content (AvgIpc) is 2.97. The van der Waals surface area contributed by atoms with Crippen LogP contribution in [-0.2, 0) is 24.3 Å². The molecule has 2 unspecified atom stereocenters. The molecular formula is C29H41ClN4O6S. The number of rotatable bonds is 14. The molecular weight excluding hydrogens is 568 g/mol. The van der Waals surface area contributed by atoms with Crippen LogP contribution in [0.4, 0.5) is 0 Å². The van der Waals surface area contributed by atoms with Gasteiger partial charge in [-0.2, -0.15) is 4.31 Å². The molecule has 0 spiro atoms. The highest BCUT2D eigenvalue weighted by Crippen LogP contribution is 2.28. The Morgan fingerprint density at radius 1 is 0.951 bits per heavy atom. The Hall–Kier alpha value is -2.09. The van der Waals surface area contributed by atoms with Gasteiger partial charge in [0.1, 0.15) is 0 Å². The van der Waals surface area contributed by atoms with Crippen LogP contribution in [0.2, 0.25) is 5.02 Å². The van der Waals surface area contributed by atoms with Crippen LogP contribution in [0.25, 0.3) is 0 Å². The maximum Gasteiger partial charge on any atom is 0.309 e. The van der Waals surface area contributed by atoms with E-state index in [0.717, 1.165) is 30.8 Å². The summed E-state index contributed by atoms with van der Waals surface area (Å²) >= 11 is 6.15. The largest absolute Gasteiger partial charge is 0.481 e.